The second kappa shape index (κ2) is 7.12. The molecule has 0 aromatic carbocycles. The quantitative estimate of drug-likeness (QED) is 0.662. The zero-order chi connectivity index (χ0) is 11.0. The predicted molar refractivity (Wildman–Crippen MR) is 61.4 cm³/mol. The van der Waals surface area contributed by atoms with E-state index in [4.69, 9.17) is 10.5 Å². The van der Waals surface area contributed by atoms with E-state index in [1.54, 1.807) is 11.8 Å². The van der Waals surface area contributed by atoms with Gasteiger partial charge in [0.05, 0.1) is 12.0 Å². The molecule has 0 aromatic heterocycles. The summed E-state index contributed by atoms with van der Waals surface area (Å²) in [5.41, 5.74) is 5.22. The Kier molecular flexibility index (Phi) is 7.01. The number of rotatable bonds is 7. The van der Waals surface area contributed by atoms with Gasteiger partial charge in [0.25, 0.3) is 0 Å². The molecule has 2 N–H and O–H groups in total. The van der Waals surface area contributed by atoms with Crippen molar-refractivity contribution in [3.05, 3.63) is 0 Å². The molecule has 0 spiro atoms. The summed E-state index contributed by atoms with van der Waals surface area (Å²) in [7, 11) is 0. The van der Waals surface area contributed by atoms with Gasteiger partial charge in [-0.15, -0.1) is 0 Å². The predicted octanol–water partition coefficient (Wildman–Crippen LogP) is 1.66. The van der Waals surface area contributed by atoms with Gasteiger partial charge >= 0.3 is 5.97 Å². The lowest BCUT2D eigenvalue weighted by Gasteiger charge is -2.28. The molecule has 0 bridgehead atoms. The third kappa shape index (κ3) is 3.50. The Morgan fingerprint density at radius 2 is 2.14 bits per heavy atom. The average Bonchev–Trinajstić information content (AvgIpc) is 2.21. The van der Waals surface area contributed by atoms with E-state index in [9.17, 15) is 4.79 Å². The molecule has 1 atom stereocenters. The van der Waals surface area contributed by atoms with Gasteiger partial charge in [-0.2, -0.15) is 11.8 Å². The van der Waals surface area contributed by atoms with Gasteiger partial charge in [-0.1, -0.05) is 6.92 Å². The van der Waals surface area contributed by atoms with Crippen LogP contribution in [0.2, 0.25) is 0 Å². The molecule has 0 aromatic rings. The van der Waals surface area contributed by atoms with Gasteiger partial charge < -0.3 is 10.5 Å². The molecule has 3 nitrogen and oxygen atoms in total. The smallest absolute Gasteiger partial charge is 0.313 e. The lowest BCUT2D eigenvalue weighted by Crippen LogP contribution is -2.40. The van der Waals surface area contributed by atoms with Crippen LogP contribution >= 0.6 is 11.8 Å². The Morgan fingerprint density at radius 3 is 2.50 bits per heavy atom. The minimum atomic E-state index is -0.459. The maximum atomic E-state index is 11.7. The van der Waals surface area contributed by atoms with Crippen LogP contribution in [-0.2, 0) is 9.53 Å². The van der Waals surface area contributed by atoms with Crippen molar-refractivity contribution in [2.75, 3.05) is 25.2 Å². The second-order valence-electron chi connectivity index (χ2n) is 3.30. The molecule has 0 aliphatic carbocycles. The molecule has 0 aliphatic heterocycles. The summed E-state index contributed by atoms with van der Waals surface area (Å²) in [4.78, 5) is 11.7. The van der Waals surface area contributed by atoms with Crippen LogP contribution in [0.5, 0.6) is 0 Å². The molecule has 0 heterocycles. The van der Waals surface area contributed by atoms with Crippen LogP contribution in [-0.4, -0.2) is 31.1 Å². The Balaban J connectivity index is 4.42. The highest BCUT2D eigenvalue weighted by Gasteiger charge is 2.36. The van der Waals surface area contributed by atoms with Crippen LogP contribution in [0.3, 0.4) is 0 Å². The number of hydrogen-bond acceptors (Lipinski definition) is 4. The summed E-state index contributed by atoms with van der Waals surface area (Å²) in [6.45, 7) is 4.62. The van der Waals surface area contributed by atoms with Crippen molar-refractivity contribution in [3.63, 3.8) is 0 Å². The lowest BCUT2D eigenvalue weighted by atomic mass is 9.82. The van der Waals surface area contributed by atoms with Crippen LogP contribution in [0.15, 0.2) is 0 Å². The molecule has 14 heavy (non-hydrogen) atoms. The molecule has 4 heteroatoms. The Bertz CT molecular complexity index is 170. The minimum Gasteiger partial charge on any atom is -0.466 e. The van der Waals surface area contributed by atoms with E-state index in [0.29, 0.717) is 13.2 Å². The molecule has 84 valence electrons. The second-order valence-corrected chi connectivity index (χ2v) is 4.29. The molecule has 0 saturated carbocycles. The third-order valence-corrected chi connectivity index (χ3v) is 3.17. The standard InChI is InChI=1S/C10H21NO2S/c1-4-10(8-11,6-7-14-3)9(12)13-5-2/h4-8,11H2,1-3H3. The van der Waals surface area contributed by atoms with Gasteiger partial charge in [-0.25, -0.2) is 0 Å². The fourth-order valence-corrected chi connectivity index (χ4v) is 1.93. The molecule has 0 amide bonds. The van der Waals surface area contributed by atoms with Gasteiger partial charge in [-0.05, 0) is 31.8 Å². The summed E-state index contributed by atoms with van der Waals surface area (Å²) in [5.74, 6) is 0.808. The zero-order valence-corrected chi connectivity index (χ0v) is 10.2. The van der Waals surface area contributed by atoms with E-state index in [1.165, 1.54) is 0 Å². The maximum absolute atomic E-state index is 11.7. The topological polar surface area (TPSA) is 52.3 Å². The van der Waals surface area contributed by atoms with Crippen LogP contribution in [0.1, 0.15) is 26.7 Å². The Morgan fingerprint density at radius 1 is 1.50 bits per heavy atom. The number of carbonyl (C=O) groups is 1. The molecule has 0 radical (unpaired) electrons. The van der Waals surface area contributed by atoms with E-state index in [-0.39, 0.29) is 5.97 Å². The van der Waals surface area contributed by atoms with E-state index < -0.39 is 5.41 Å². The normalized spacial score (nSPS) is 14.9. The monoisotopic (exact) mass is 219 g/mol. The van der Waals surface area contributed by atoms with Crippen LogP contribution in [0.25, 0.3) is 0 Å². The summed E-state index contributed by atoms with van der Waals surface area (Å²) in [6, 6.07) is 0. The number of esters is 1. The summed E-state index contributed by atoms with van der Waals surface area (Å²) in [5, 5.41) is 0. The molecular weight excluding hydrogens is 198 g/mol. The van der Waals surface area contributed by atoms with Crippen LogP contribution < -0.4 is 5.73 Å². The summed E-state index contributed by atoms with van der Waals surface area (Å²) in [6.07, 6.45) is 3.59. The highest BCUT2D eigenvalue weighted by molar-refractivity contribution is 7.98. The van der Waals surface area contributed by atoms with Crippen molar-refractivity contribution >= 4 is 17.7 Å². The van der Waals surface area contributed by atoms with Gasteiger partial charge in [0, 0.05) is 6.54 Å². The first-order valence-corrected chi connectivity index (χ1v) is 6.42. The number of carbonyl (C=O) groups excluding carboxylic acids is 1. The van der Waals surface area contributed by atoms with Crippen LogP contribution in [0, 0.1) is 5.41 Å². The van der Waals surface area contributed by atoms with Crippen molar-refractivity contribution in [2.45, 2.75) is 26.7 Å². The zero-order valence-electron chi connectivity index (χ0n) is 9.34. The van der Waals surface area contributed by atoms with Crippen molar-refractivity contribution in [1.82, 2.24) is 0 Å². The Hall–Kier alpha value is -0.220. The average molecular weight is 219 g/mol. The molecule has 0 fully saturated rings. The molecule has 1 unspecified atom stereocenters. The molecule has 0 aliphatic rings. The van der Waals surface area contributed by atoms with Crippen LogP contribution in [0.4, 0.5) is 0 Å². The molecular formula is C10H21NO2S. The van der Waals surface area contributed by atoms with E-state index in [2.05, 4.69) is 0 Å². The summed E-state index contributed by atoms with van der Waals surface area (Å²) >= 11 is 1.73. The largest absolute Gasteiger partial charge is 0.466 e. The van der Waals surface area contributed by atoms with Crippen molar-refractivity contribution in [3.8, 4) is 0 Å². The molecule has 0 rings (SSSR count). The minimum absolute atomic E-state index is 0.140. The lowest BCUT2D eigenvalue weighted by molar-refractivity contribution is -0.155. The SMILES string of the molecule is CCOC(=O)C(CC)(CN)CCSC. The molecule has 0 saturated heterocycles. The van der Waals surface area contributed by atoms with Gasteiger partial charge in [0.2, 0.25) is 0 Å². The van der Waals surface area contributed by atoms with Gasteiger partial charge in [0.1, 0.15) is 0 Å². The first-order valence-electron chi connectivity index (χ1n) is 5.03. The van der Waals surface area contributed by atoms with E-state index in [0.717, 1.165) is 18.6 Å². The first kappa shape index (κ1) is 13.8. The highest BCUT2D eigenvalue weighted by atomic mass is 32.2. The summed E-state index contributed by atoms with van der Waals surface area (Å²) < 4.78 is 5.06. The van der Waals surface area contributed by atoms with Crippen molar-refractivity contribution in [2.24, 2.45) is 11.1 Å². The number of ether oxygens (including phenoxy) is 1. The van der Waals surface area contributed by atoms with E-state index >= 15 is 0 Å². The fourth-order valence-electron chi connectivity index (χ4n) is 1.33. The number of hydrogen-bond donors (Lipinski definition) is 1. The van der Waals surface area contributed by atoms with Crippen molar-refractivity contribution < 1.29 is 9.53 Å². The Labute approximate surface area is 90.8 Å². The fraction of sp³-hybridized carbons (Fsp3) is 0.900. The first-order chi connectivity index (χ1) is 6.66. The van der Waals surface area contributed by atoms with Gasteiger partial charge in [-0.3, -0.25) is 4.79 Å². The van der Waals surface area contributed by atoms with Gasteiger partial charge in [0.15, 0.2) is 0 Å². The van der Waals surface area contributed by atoms with Crippen molar-refractivity contribution in [1.29, 1.82) is 0 Å². The van der Waals surface area contributed by atoms with E-state index in [1.807, 2.05) is 20.1 Å². The maximum Gasteiger partial charge on any atom is 0.313 e. The number of nitrogens with two attached hydrogens (primary N) is 1. The number of thioether (sulfide) groups is 1. The third-order valence-electron chi connectivity index (χ3n) is 2.56. The highest BCUT2D eigenvalue weighted by Crippen LogP contribution is 2.28.